The first-order valence-corrected chi connectivity index (χ1v) is 5.09. The van der Waals surface area contributed by atoms with E-state index in [2.05, 4.69) is 6.58 Å². The minimum absolute atomic E-state index is 0. The van der Waals surface area contributed by atoms with E-state index in [4.69, 9.17) is 5.73 Å². The van der Waals surface area contributed by atoms with Gasteiger partial charge in [0.15, 0.2) is 0 Å². The van der Waals surface area contributed by atoms with Crippen LogP contribution in [0.4, 0.5) is 17.6 Å². The summed E-state index contributed by atoms with van der Waals surface area (Å²) in [6.45, 7) is 3.50. The van der Waals surface area contributed by atoms with Crippen LogP contribution in [0.25, 0.3) is 0 Å². The Bertz CT molecular complexity index is 404. The molecule has 0 aliphatic rings. The Hall–Kier alpha value is -1.07. The molecule has 0 radical (unpaired) electrons. The lowest BCUT2D eigenvalue weighted by molar-refractivity contribution is -0.137. The molecule has 18 heavy (non-hydrogen) atoms. The molecule has 1 atom stereocenters. The van der Waals surface area contributed by atoms with Crippen LogP contribution in [0.3, 0.4) is 0 Å². The van der Waals surface area contributed by atoms with Crippen molar-refractivity contribution in [3.8, 4) is 0 Å². The fourth-order valence-electron chi connectivity index (χ4n) is 1.46. The van der Waals surface area contributed by atoms with Crippen LogP contribution in [0.5, 0.6) is 0 Å². The largest absolute Gasteiger partial charge is 0.416 e. The Morgan fingerprint density at radius 3 is 2.39 bits per heavy atom. The molecule has 0 spiro atoms. The zero-order valence-electron chi connectivity index (χ0n) is 9.51. The molecule has 1 aromatic rings. The number of halogens is 5. The van der Waals surface area contributed by atoms with Crippen LogP contribution in [-0.2, 0) is 6.18 Å². The summed E-state index contributed by atoms with van der Waals surface area (Å²) in [4.78, 5) is 0. The van der Waals surface area contributed by atoms with Gasteiger partial charge in [0.05, 0.1) is 5.56 Å². The molecular weight excluding hydrogens is 270 g/mol. The zero-order chi connectivity index (χ0) is 13.1. The molecule has 0 aromatic heterocycles. The molecule has 102 valence electrons. The van der Waals surface area contributed by atoms with Crippen LogP contribution in [-0.4, -0.2) is 0 Å². The minimum Gasteiger partial charge on any atom is -0.324 e. The molecule has 0 unspecified atom stereocenters. The molecule has 0 saturated heterocycles. The average molecular weight is 284 g/mol. The third kappa shape index (κ3) is 4.31. The van der Waals surface area contributed by atoms with Gasteiger partial charge in [-0.1, -0.05) is 12.1 Å². The highest BCUT2D eigenvalue weighted by molar-refractivity contribution is 5.85. The lowest BCUT2D eigenvalue weighted by Gasteiger charge is -2.14. The number of hydrogen-bond donors (Lipinski definition) is 1. The van der Waals surface area contributed by atoms with Crippen molar-refractivity contribution in [3.05, 3.63) is 47.8 Å². The van der Waals surface area contributed by atoms with Crippen molar-refractivity contribution < 1.29 is 17.6 Å². The third-order valence-electron chi connectivity index (χ3n) is 2.41. The summed E-state index contributed by atoms with van der Waals surface area (Å²) in [5, 5.41) is 0. The maximum atomic E-state index is 13.5. The second-order valence-corrected chi connectivity index (χ2v) is 3.71. The summed E-state index contributed by atoms with van der Waals surface area (Å²) in [6.07, 6.45) is -1.88. The molecule has 0 saturated carbocycles. The second kappa shape index (κ2) is 6.75. The highest BCUT2D eigenvalue weighted by Gasteiger charge is 2.31. The molecule has 0 fully saturated rings. The summed E-state index contributed by atoms with van der Waals surface area (Å²) in [5.41, 5.74) is 4.76. The first-order chi connectivity index (χ1) is 7.86. The second-order valence-electron chi connectivity index (χ2n) is 3.71. The molecule has 6 heteroatoms. The van der Waals surface area contributed by atoms with Crippen LogP contribution in [0, 0.1) is 5.82 Å². The molecule has 1 nitrogen and oxygen atoms in total. The van der Waals surface area contributed by atoms with Crippen LogP contribution in [0.1, 0.15) is 30.0 Å². The van der Waals surface area contributed by atoms with Gasteiger partial charge in [0.2, 0.25) is 0 Å². The lowest BCUT2D eigenvalue weighted by Crippen LogP contribution is -2.13. The van der Waals surface area contributed by atoms with Gasteiger partial charge in [-0.15, -0.1) is 19.0 Å². The maximum Gasteiger partial charge on any atom is 0.416 e. The van der Waals surface area contributed by atoms with E-state index in [1.54, 1.807) is 6.08 Å². The fraction of sp³-hybridized carbons (Fsp3) is 0.333. The number of rotatable bonds is 4. The smallest absolute Gasteiger partial charge is 0.324 e. The first-order valence-electron chi connectivity index (χ1n) is 5.09. The Labute approximate surface area is 109 Å². The minimum atomic E-state index is -4.54. The van der Waals surface area contributed by atoms with E-state index >= 15 is 0 Å². The number of allylic oxidation sites excluding steroid dienone is 1. The van der Waals surface area contributed by atoms with Crippen molar-refractivity contribution in [2.75, 3.05) is 0 Å². The molecule has 1 aromatic carbocycles. The van der Waals surface area contributed by atoms with Crippen molar-refractivity contribution in [3.63, 3.8) is 0 Å². The van der Waals surface area contributed by atoms with Gasteiger partial charge in [-0.25, -0.2) is 4.39 Å². The highest BCUT2D eigenvalue weighted by Crippen LogP contribution is 2.31. The van der Waals surface area contributed by atoms with Gasteiger partial charge in [-0.3, -0.25) is 0 Å². The highest BCUT2D eigenvalue weighted by atomic mass is 35.5. The van der Waals surface area contributed by atoms with E-state index < -0.39 is 23.6 Å². The maximum absolute atomic E-state index is 13.5. The Balaban J connectivity index is 0.00000289. The van der Waals surface area contributed by atoms with Crippen molar-refractivity contribution in [1.29, 1.82) is 0 Å². The first kappa shape index (κ1) is 16.9. The van der Waals surface area contributed by atoms with E-state index in [1.807, 2.05) is 0 Å². The Morgan fingerprint density at radius 2 is 1.94 bits per heavy atom. The predicted octanol–water partition coefficient (Wildman–Crippen LogP) is 4.23. The summed E-state index contributed by atoms with van der Waals surface area (Å²) in [5.74, 6) is -0.920. The molecule has 0 aliphatic heterocycles. The van der Waals surface area contributed by atoms with Crippen LogP contribution in [0.15, 0.2) is 30.9 Å². The van der Waals surface area contributed by atoms with Crippen molar-refractivity contribution >= 4 is 12.4 Å². The summed E-state index contributed by atoms with van der Waals surface area (Å²) < 4.78 is 50.3. The molecule has 1 rings (SSSR count). The van der Waals surface area contributed by atoms with E-state index in [1.165, 1.54) is 0 Å². The Kier molecular flexibility index (Phi) is 6.35. The zero-order valence-corrected chi connectivity index (χ0v) is 10.3. The quantitative estimate of drug-likeness (QED) is 0.649. The third-order valence-corrected chi connectivity index (χ3v) is 2.41. The molecule has 0 amide bonds. The molecule has 0 aliphatic carbocycles. The van der Waals surface area contributed by atoms with Crippen molar-refractivity contribution in [2.24, 2.45) is 5.73 Å². The topological polar surface area (TPSA) is 26.0 Å². The number of nitrogens with two attached hydrogens (primary N) is 1. The van der Waals surface area contributed by atoms with E-state index in [0.717, 1.165) is 12.1 Å². The van der Waals surface area contributed by atoms with E-state index in [-0.39, 0.29) is 18.0 Å². The SMILES string of the molecule is C=CCC[C@@H](N)c1ccc(C(F)(F)F)cc1F.Cl. The lowest BCUT2D eigenvalue weighted by atomic mass is 10.0. The van der Waals surface area contributed by atoms with Crippen molar-refractivity contribution in [1.82, 2.24) is 0 Å². The predicted molar refractivity (Wildman–Crippen MR) is 65.0 cm³/mol. The fourth-order valence-corrected chi connectivity index (χ4v) is 1.46. The Morgan fingerprint density at radius 1 is 1.33 bits per heavy atom. The van der Waals surface area contributed by atoms with Gasteiger partial charge in [0, 0.05) is 11.6 Å². The van der Waals surface area contributed by atoms with Crippen LogP contribution in [0.2, 0.25) is 0 Å². The van der Waals surface area contributed by atoms with Crippen molar-refractivity contribution in [2.45, 2.75) is 25.1 Å². The van der Waals surface area contributed by atoms with Gasteiger partial charge in [-0.05, 0) is 25.0 Å². The van der Waals surface area contributed by atoms with Crippen LogP contribution < -0.4 is 5.73 Å². The van der Waals surface area contributed by atoms with Gasteiger partial charge < -0.3 is 5.73 Å². The molecule has 0 bridgehead atoms. The normalized spacial score (nSPS) is 12.7. The van der Waals surface area contributed by atoms with Gasteiger partial charge in [0.25, 0.3) is 0 Å². The van der Waals surface area contributed by atoms with E-state index in [9.17, 15) is 17.6 Å². The molecule has 2 N–H and O–H groups in total. The summed E-state index contributed by atoms with van der Waals surface area (Å²) >= 11 is 0. The number of alkyl halides is 3. The molecular formula is C12H14ClF4N. The standard InChI is InChI=1S/C12H13F4N.ClH/c1-2-3-4-11(17)9-6-5-8(7-10(9)13)12(14,15)16;/h2,5-7,11H,1,3-4,17H2;1H/t11-;/m1./s1. The summed E-state index contributed by atoms with van der Waals surface area (Å²) in [6, 6.07) is 1.79. The van der Waals surface area contributed by atoms with Gasteiger partial charge in [-0.2, -0.15) is 13.2 Å². The monoisotopic (exact) mass is 283 g/mol. The summed E-state index contributed by atoms with van der Waals surface area (Å²) in [7, 11) is 0. The number of hydrogen-bond acceptors (Lipinski definition) is 1. The van der Waals surface area contributed by atoms with Gasteiger partial charge >= 0.3 is 6.18 Å². The van der Waals surface area contributed by atoms with Gasteiger partial charge in [0.1, 0.15) is 5.82 Å². The number of benzene rings is 1. The molecule has 0 heterocycles. The van der Waals surface area contributed by atoms with E-state index in [0.29, 0.717) is 18.9 Å². The average Bonchev–Trinajstić information content (AvgIpc) is 2.24. The van der Waals surface area contributed by atoms with Crippen LogP contribution >= 0.6 is 12.4 Å².